The molecule has 0 amide bonds. The average Bonchev–Trinajstić information content (AvgIpc) is 3.00. The van der Waals surface area contributed by atoms with E-state index in [1.54, 1.807) is 24.5 Å². The molecule has 2 aromatic carbocycles. The van der Waals surface area contributed by atoms with Crippen molar-refractivity contribution in [3.8, 4) is 5.69 Å². The van der Waals surface area contributed by atoms with Gasteiger partial charge in [-0.15, -0.1) is 10.2 Å². The molecule has 0 aliphatic carbocycles. The van der Waals surface area contributed by atoms with Crippen LogP contribution in [0.2, 0.25) is 5.02 Å². The standard InChI is InChI=1S/C17H10ClN5O/c18-14-4-2-1-3-12(14)17-13-7-11(20-10-24)5-6-15(13)23-9-21-22-16(23)8-19-17/h1-7,9H,8H2. The molecule has 6 nitrogen and oxygen atoms in total. The Morgan fingerprint density at radius 1 is 1.17 bits per heavy atom. The zero-order valence-electron chi connectivity index (χ0n) is 12.3. The van der Waals surface area contributed by atoms with Crippen LogP contribution in [-0.2, 0) is 11.3 Å². The highest BCUT2D eigenvalue weighted by Crippen LogP contribution is 2.30. The molecule has 4 rings (SSSR count). The van der Waals surface area contributed by atoms with Gasteiger partial charge in [-0.25, -0.2) is 4.79 Å². The quantitative estimate of drug-likeness (QED) is 0.533. The molecule has 0 spiro atoms. The molecule has 0 N–H and O–H groups in total. The summed E-state index contributed by atoms with van der Waals surface area (Å²) in [4.78, 5) is 19.0. The van der Waals surface area contributed by atoms with Gasteiger partial charge in [0.1, 0.15) is 12.9 Å². The van der Waals surface area contributed by atoms with E-state index in [0.717, 1.165) is 28.4 Å². The number of halogens is 1. The van der Waals surface area contributed by atoms with Crippen LogP contribution >= 0.6 is 11.6 Å². The Morgan fingerprint density at radius 3 is 2.88 bits per heavy atom. The number of rotatable bonds is 2. The Bertz CT molecular complexity index is 1020. The second kappa shape index (κ2) is 5.85. The van der Waals surface area contributed by atoms with Crippen molar-refractivity contribution in [1.82, 2.24) is 14.8 Å². The van der Waals surface area contributed by atoms with E-state index >= 15 is 0 Å². The predicted octanol–water partition coefficient (Wildman–Crippen LogP) is 3.24. The van der Waals surface area contributed by atoms with E-state index in [1.807, 2.05) is 34.9 Å². The van der Waals surface area contributed by atoms with Gasteiger partial charge in [-0.2, -0.15) is 4.99 Å². The van der Waals surface area contributed by atoms with E-state index in [1.165, 1.54) is 0 Å². The second-order valence-electron chi connectivity index (χ2n) is 5.17. The minimum Gasteiger partial charge on any atom is -0.283 e. The summed E-state index contributed by atoms with van der Waals surface area (Å²) >= 11 is 6.36. The Hall–Kier alpha value is -3.08. The zero-order chi connectivity index (χ0) is 16.5. The SMILES string of the molecule is O=C=Nc1ccc2c(c1)C(c1ccccc1Cl)=NCc1nncn1-2. The van der Waals surface area contributed by atoms with Crippen LogP contribution in [0.4, 0.5) is 5.69 Å². The molecule has 1 aliphatic rings. The summed E-state index contributed by atoms with van der Waals surface area (Å²) in [5, 5.41) is 8.66. The zero-order valence-corrected chi connectivity index (χ0v) is 13.1. The van der Waals surface area contributed by atoms with Crippen molar-refractivity contribution >= 4 is 29.1 Å². The lowest BCUT2D eigenvalue weighted by Crippen LogP contribution is -2.07. The summed E-state index contributed by atoms with van der Waals surface area (Å²) in [7, 11) is 0. The maximum atomic E-state index is 10.6. The summed E-state index contributed by atoms with van der Waals surface area (Å²) in [6.07, 6.45) is 3.20. The van der Waals surface area contributed by atoms with Crippen LogP contribution in [-0.4, -0.2) is 26.6 Å². The first-order chi connectivity index (χ1) is 11.8. The van der Waals surface area contributed by atoms with Gasteiger partial charge in [-0.05, 0) is 24.3 Å². The number of hydrogen-bond acceptors (Lipinski definition) is 5. The van der Waals surface area contributed by atoms with E-state index < -0.39 is 0 Å². The molecule has 0 bridgehead atoms. The number of nitrogens with zero attached hydrogens (tertiary/aromatic N) is 5. The van der Waals surface area contributed by atoms with Crippen LogP contribution in [0.25, 0.3) is 5.69 Å². The molecule has 0 saturated carbocycles. The van der Waals surface area contributed by atoms with Crippen LogP contribution in [0.15, 0.2) is 58.8 Å². The van der Waals surface area contributed by atoms with Crippen molar-refractivity contribution in [1.29, 1.82) is 0 Å². The lowest BCUT2D eigenvalue weighted by molar-refractivity contribution is 0.565. The van der Waals surface area contributed by atoms with Gasteiger partial charge in [0, 0.05) is 16.1 Å². The van der Waals surface area contributed by atoms with Crippen molar-refractivity contribution in [2.75, 3.05) is 0 Å². The molecule has 1 aromatic heterocycles. The number of benzene rings is 2. The van der Waals surface area contributed by atoms with Gasteiger partial charge in [-0.1, -0.05) is 29.8 Å². The topological polar surface area (TPSA) is 72.5 Å². The third-order valence-electron chi connectivity index (χ3n) is 3.80. The Labute approximate surface area is 142 Å². The monoisotopic (exact) mass is 335 g/mol. The highest BCUT2D eigenvalue weighted by Gasteiger charge is 2.21. The molecular formula is C17H10ClN5O. The lowest BCUT2D eigenvalue weighted by atomic mass is 10.00. The number of hydrogen-bond donors (Lipinski definition) is 0. The smallest absolute Gasteiger partial charge is 0.240 e. The Kier molecular flexibility index (Phi) is 3.54. The third-order valence-corrected chi connectivity index (χ3v) is 4.13. The summed E-state index contributed by atoms with van der Waals surface area (Å²) in [5.74, 6) is 0.727. The first kappa shape index (κ1) is 14.5. The largest absolute Gasteiger partial charge is 0.283 e. The molecule has 2 heterocycles. The summed E-state index contributed by atoms with van der Waals surface area (Å²) < 4.78 is 1.87. The fraction of sp³-hybridized carbons (Fsp3) is 0.0588. The fourth-order valence-electron chi connectivity index (χ4n) is 2.73. The Morgan fingerprint density at radius 2 is 2.04 bits per heavy atom. The fourth-order valence-corrected chi connectivity index (χ4v) is 2.96. The van der Waals surface area contributed by atoms with E-state index in [2.05, 4.69) is 20.2 Å². The highest BCUT2D eigenvalue weighted by molar-refractivity contribution is 6.35. The highest BCUT2D eigenvalue weighted by atomic mass is 35.5. The molecule has 0 fully saturated rings. The second-order valence-corrected chi connectivity index (χ2v) is 5.57. The summed E-state index contributed by atoms with van der Waals surface area (Å²) in [6, 6.07) is 12.9. The Balaban J connectivity index is 2.01. The number of aromatic nitrogens is 3. The van der Waals surface area contributed by atoms with Crippen LogP contribution < -0.4 is 0 Å². The normalized spacial score (nSPS) is 12.5. The molecule has 0 atom stereocenters. The molecule has 0 saturated heterocycles. The molecule has 1 aliphatic heterocycles. The molecule has 7 heteroatoms. The first-order valence-corrected chi connectivity index (χ1v) is 7.56. The van der Waals surface area contributed by atoms with Crippen molar-refractivity contribution < 1.29 is 4.79 Å². The van der Waals surface area contributed by atoms with E-state index in [9.17, 15) is 4.79 Å². The molecular weight excluding hydrogens is 326 g/mol. The number of isocyanates is 1. The van der Waals surface area contributed by atoms with E-state index in [0.29, 0.717) is 17.3 Å². The lowest BCUT2D eigenvalue weighted by Gasteiger charge is -2.12. The summed E-state index contributed by atoms with van der Waals surface area (Å²) in [5.41, 5.74) is 3.70. The van der Waals surface area contributed by atoms with Crippen LogP contribution in [0.3, 0.4) is 0 Å². The van der Waals surface area contributed by atoms with Gasteiger partial charge < -0.3 is 0 Å². The van der Waals surface area contributed by atoms with Gasteiger partial charge in [0.15, 0.2) is 5.82 Å². The molecule has 24 heavy (non-hydrogen) atoms. The average molecular weight is 336 g/mol. The predicted molar refractivity (Wildman–Crippen MR) is 89.9 cm³/mol. The van der Waals surface area contributed by atoms with Gasteiger partial charge in [-0.3, -0.25) is 9.56 Å². The van der Waals surface area contributed by atoms with Crippen molar-refractivity contribution in [2.24, 2.45) is 9.98 Å². The minimum atomic E-state index is 0.377. The van der Waals surface area contributed by atoms with Crippen LogP contribution in [0.1, 0.15) is 17.0 Å². The molecule has 0 radical (unpaired) electrons. The van der Waals surface area contributed by atoms with Crippen LogP contribution in [0.5, 0.6) is 0 Å². The summed E-state index contributed by atoms with van der Waals surface area (Å²) in [6.45, 7) is 0.377. The number of carbonyl (C=O) groups excluding carboxylic acids is 1. The van der Waals surface area contributed by atoms with Gasteiger partial charge in [0.25, 0.3) is 0 Å². The number of aliphatic imine (C=N–C) groups is 2. The maximum absolute atomic E-state index is 10.6. The maximum Gasteiger partial charge on any atom is 0.240 e. The van der Waals surface area contributed by atoms with Crippen molar-refractivity contribution in [2.45, 2.75) is 6.54 Å². The first-order valence-electron chi connectivity index (χ1n) is 7.19. The molecule has 116 valence electrons. The van der Waals surface area contributed by atoms with Gasteiger partial charge >= 0.3 is 0 Å². The molecule has 3 aromatic rings. The molecule has 0 unspecified atom stereocenters. The van der Waals surface area contributed by atoms with Gasteiger partial charge in [0.05, 0.1) is 17.1 Å². The van der Waals surface area contributed by atoms with E-state index in [4.69, 9.17) is 11.6 Å². The van der Waals surface area contributed by atoms with Crippen LogP contribution in [0, 0.1) is 0 Å². The van der Waals surface area contributed by atoms with E-state index in [-0.39, 0.29) is 0 Å². The van der Waals surface area contributed by atoms with Crippen molar-refractivity contribution in [3.63, 3.8) is 0 Å². The van der Waals surface area contributed by atoms with Crippen molar-refractivity contribution in [3.05, 3.63) is 70.8 Å². The minimum absolute atomic E-state index is 0.377. The third kappa shape index (κ3) is 2.34. The van der Waals surface area contributed by atoms with Gasteiger partial charge in [0.2, 0.25) is 6.08 Å². The number of fused-ring (bicyclic) bond motifs is 3.